The second kappa shape index (κ2) is 27.9. The van der Waals surface area contributed by atoms with Gasteiger partial charge in [-0.25, -0.2) is 0 Å². The van der Waals surface area contributed by atoms with Gasteiger partial charge in [-0.1, -0.05) is 281 Å². The molecule has 424 valence electrons. The molecule has 0 fully saturated rings. The average Bonchev–Trinajstić information content (AvgIpc) is 1.87. The third-order valence-electron chi connectivity index (χ3n) is 16.4. The van der Waals surface area contributed by atoms with Crippen molar-refractivity contribution < 1.29 is 0 Å². The Morgan fingerprint density at radius 3 is 1.42 bits per heavy atom. The topological polar surface area (TPSA) is 12.4 Å². The molecule has 10 aromatic rings. The average molecular weight is 1110 g/mol. The third-order valence-corrected chi connectivity index (χ3v) is 16.4. The Labute approximate surface area is 509 Å². The van der Waals surface area contributed by atoms with Crippen molar-refractivity contribution in [3.8, 4) is 44.5 Å². The van der Waals surface area contributed by atoms with Crippen LogP contribution >= 0.6 is 0 Å². The molecule has 0 spiro atoms. The first-order valence-electron chi connectivity index (χ1n) is 30.3. The van der Waals surface area contributed by atoms with Gasteiger partial charge in [-0.15, -0.1) is 0 Å². The zero-order valence-corrected chi connectivity index (χ0v) is 52.0. The first-order valence-corrected chi connectivity index (χ1v) is 30.3. The van der Waals surface area contributed by atoms with Gasteiger partial charge in [0, 0.05) is 23.2 Å². The molecule has 0 aromatic heterocycles. The number of allylic oxidation sites excluding steroid dienone is 6. The largest absolute Gasteiger partial charge is 0.258 e. The van der Waals surface area contributed by atoms with Crippen molar-refractivity contribution in [2.24, 2.45) is 4.99 Å². The Bertz CT molecular complexity index is 3960. The summed E-state index contributed by atoms with van der Waals surface area (Å²) < 4.78 is 0. The molecule has 13 rings (SSSR count). The van der Waals surface area contributed by atoms with Crippen LogP contribution in [0.4, 0.5) is 0 Å². The number of hydrogen-bond donors (Lipinski definition) is 0. The summed E-state index contributed by atoms with van der Waals surface area (Å²) in [6.07, 6.45) is 6.65. The molecule has 0 radical (unpaired) electrons. The van der Waals surface area contributed by atoms with Crippen molar-refractivity contribution in [3.63, 3.8) is 0 Å². The number of nitrogens with zero attached hydrogens (tertiary/aromatic N) is 1. The highest BCUT2D eigenvalue weighted by molar-refractivity contribution is 5.99. The van der Waals surface area contributed by atoms with E-state index in [1.54, 1.807) is 0 Å². The van der Waals surface area contributed by atoms with E-state index in [9.17, 15) is 0 Å². The molecular formula is C84H83N. The summed E-state index contributed by atoms with van der Waals surface area (Å²) in [5.74, 6) is 0.598. The summed E-state index contributed by atoms with van der Waals surface area (Å²) in [6, 6.07) is 83.3. The predicted molar refractivity (Wildman–Crippen MR) is 370 cm³/mol. The summed E-state index contributed by atoms with van der Waals surface area (Å²) in [4.78, 5) is 4.27. The molecule has 0 heterocycles. The van der Waals surface area contributed by atoms with Gasteiger partial charge in [0.15, 0.2) is 0 Å². The lowest BCUT2D eigenvalue weighted by molar-refractivity contribution is 0.901. The minimum atomic E-state index is 0.289. The zero-order valence-electron chi connectivity index (χ0n) is 52.0. The SMILES string of the molecule is C=C(C)N=C(C)c1ccccc1.C=C(C)c1ccccc1.CC.CC1=CC=C(c2ccc3c(c2)-c2cc4c(cc2C3)-c2ccccc2C4c2ccccc2)C1.Cc1cc(C)c(C(C)c2c(C)cc(C)cc2-c2ccccc2)c(-c2ccccc2)c1. The van der Waals surface area contributed by atoms with Crippen LogP contribution in [-0.2, 0) is 6.42 Å². The van der Waals surface area contributed by atoms with E-state index >= 15 is 0 Å². The molecule has 1 unspecified atom stereocenters. The smallest absolute Gasteiger partial charge is 0.0447 e. The highest BCUT2D eigenvalue weighted by Crippen LogP contribution is 2.52. The summed E-state index contributed by atoms with van der Waals surface area (Å²) >= 11 is 0. The molecule has 0 bridgehead atoms. The lowest BCUT2D eigenvalue weighted by Gasteiger charge is -2.25. The normalized spacial score (nSPS) is 13.1. The van der Waals surface area contributed by atoms with Crippen LogP contribution in [0.3, 0.4) is 0 Å². The summed E-state index contributed by atoms with van der Waals surface area (Å²) in [5, 5.41) is 0. The lowest BCUT2D eigenvalue weighted by Crippen LogP contribution is -2.07. The molecule has 0 saturated carbocycles. The van der Waals surface area contributed by atoms with Crippen molar-refractivity contribution in [3.05, 3.63) is 345 Å². The Hall–Kier alpha value is -9.17. The fourth-order valence-electron chi connectivity index (χ4n) is 12.7. The molecular weight excluding hydrogens is 1020 g/mol. The van der Waals surface area contributed by atoms with Crippen LogP contribution in [0, 0.1) is 27.7 Å². The molecule has 10 aromatic carbocycles. The predicted octanol–water partition coefficient (Wildman–Crippen LogP) is 23.3. The van der Waals surface area contributed by atoms with Gasteiger partial charge in [0.1, 0.15) is 0 Å². The Balaban J connectivity index is 0.000000150. The highest BCUT2D eigenvalue weighted by Gasteiger charge is 2.33. The van der Waals surface area contributed by atoms with Crippen molar-refractivity contribution in [2.75, 3.05) is 0 Å². The maximum Gasteiger partial charge on any atom is 0.0447 e. The van der Waals surface area contributed by atoms with E-state index in [4.69, 9.17) is 0 Å². The monoisotopic (exact) mass is 1110 g/mol. The maximum atomic E-state index is 4.27. The Morgan fingerprint density at radius 2 is 0.918 bits per heavy atom. The van der Waals surface area contributed by atoms with Crippen LogP contribution in [0.25, 0.3) is 55.7 Å². The van der Waals surface area contributed by atoms with Crippen LogP contribution in [0.5, 0.6) is 0 Å². The molecule has 0 saturated heterocycles. The minimum Gasteiger partial charge on any atom is -0.258 e. The third kappa shape index (κ3) is 14.1. The Morgan fingerprint density at radius 1 is 0.424 bits per heavy atom. The molecule has 3 aliphatic rings. The number of benzene rings is 10. The zero-order chi connectivity index (χ0) is 60.1. The number of hydrogen-bond acceptors (Lipinski definition) is 1. The van der Waals surface area contributed by atoms with E-state index in [2.05, 4.69) is 254 Å². The summed E-state index contributed by atoms with van der Waals surface area (Å²) in [6.45, 7) is 31.0. The van der Waals surface area contributed by atoms with Crippen molar-refractivity contribution >= 4 is 16.9 Å². The minimum absolute atomic E-state index is 0.289. The first kappa shape index (κ1) is 60.4. The second-order valence-corrected chi connectivity index (χ2v) is 22.9. The van der Waals surface area contributed by atoms with E-state index < -0.39 is 0 Å². The van der Waals surface area contributed by atoms with Crippen molar-refractivity contribution in [1.29, 1.82) is 0 Å². The van der Waals surface area contributed by atoms with Gasteiger partial charge in [0.05, 0.1) is 0 Å². The molecule has 1 nitrogen and oxygen atoms in total. The van der Waals surface area contributed by atoms with E-state index in [-0.39, 0.29) is 5.92 Å². The highest BCUT2D eigenvalue weighted by atomic mass is 14.7. The molecule has 85 heavy (non-hydrogen) atoms. The van der Waals surface area contributed by atoms with Gasteiger partial charge in [-0.2, -0.15) is 0 Å². The number of aryl methyl sites for hydroxylation is 4. The molecule has 1 atom stereocenters. The number of rotatable bonds is 9. The van der Waals surface area contributed by atoms with Gasteiger partial charge in [-0.05, 0) is 203 Å². The fraction of sp³-hybridized carbons (Fsp3) is 0.179. The lowest BCUT2D eigenvalue weighted by atomic mass is 9.78. The van der Waals surface area contributed by atoms with Gasteiger partial charge < -0.3 is 0 Å². The molecule has 0 N–H and O–H groups in total. The van der Waals surface area contributed by atoms with E-state index in [0.29, 0.717) is 5.92 Å². The maximum absolute atomic E-state index is 4.27. The number of aliphatic imine (C=N–C) groups is 1. The van der Waals surface area contributed by atoms with Crippen molar-refractivity contribution in [1.82, 2.24) is 0 Å². The second-order valence-electron chi connectivity index (χ2n) is 22.9. The van der Waals surface area contributed by atoms with Gasteiger partial charge in [-0.3, -0.25) is 4.99 Å². The molecule has 0 amide bonds. The van der Waals surface area contributed by atoms with E-state index in [0.717, 1.165) is 35.4 Å². The van der Waals surface area contributed by atoms with Gasteiger partial charge in [0.2, 0.25) is 0 Å². The quantitative estimate of drug-likeness (QED) is 0.128. The molecule has 3 aliphatic carbocycles. The summed E-state index contributed by atoms with van der Waals surface area (Å²) in [7, 11) is 0. The standard InChI is InChI=1S/C32H24.C30H30.C11H13N.C9H10.C2H6/c1-20-11-12-22(15-20)23-13-14-24-16-25-18-30-26-9-5-6-10-27(26)32(21-7-3-2-4-8-21)31(30)19-29(25)28(24)17-23;1-20-16-22(3)29(27(18-20)25-12-8-6-9-13-25)24(5)30-23(4)17-21(2)19-28(30)26-14-10-7-11-15-26;1-9(2)12-10(3)11-7-5-4-6-8-11;1-8(2)9-6-4-3-5-7-9;1-2/h2-14,17-19,32H,15-16H2,1H3;6-19,24H,1-5H3;4-8H,1H2,2-3H3;3-7H,1H2,2H3;1-2H3. The number of fused-ring (bicyclic) bond motifs is 6. The first-order chi connectivity index (χ1) is 41.2. The summed E-state index contributed by atoms with van der Waals surface area (Å²) in [5.41, 5.74) is 35.9. The van der Waals surface area contributed by atoms with Crippen LogP contribution in [0.1, 0.15) is 145 Å². The van der Waals surface area contributed by atoms with Crippen LogP contribution in [0.2, 0.25) is 0 Å². The van der Waals surface area contributed by atoms with E-state index in [1.807, 2.05) is 83.1 Å². The van der Waals surface area contributed by atoms with Gasteiger partial charge in [0.25, 0.3) is 0 Å². The van der Waals surface area contributed by atoms with Gasteiger partial charge >= 0.3 is 0 Å². The fourth-order valence-corrected chi connectivity index (χ4v) is 12.7. The van der Waals surface area contributed by atoms with Crippen LogP contribution in [0.15, 0.2) is 272 Å². The molecule has 0 aliphatic heterocycles. The Kier molecular flexibility index (Phi) is 19.9. The molecule has 1 heteroatoms. The van der Waals surface area contributed by atoms with Crippen molar-refractivity contribution in [2.45, 2.75) is 101 Å². The van der Waals surface area contributed by atoms with Crippen LogP contribution < -0.4 is 0 Å². The van der Waals surface area contributed by atoms with Crippen LogP contribution in [-0.4, -0.2) is 5.71 Å². The van der Waals surface area contributed by atoms with E-state index in [1.165, 1.54) is 128 Å².